The van der Waals surface area contributed by atoms with Gasteiger partial charge >= 0.3 is 0 Å². The molecule has 0 amide bonds. The van der Waals surface area contributed by atoms with E-state index in [0.29, 0.717) is 4.90 Å². The lowest BCUT2D eigenvalue weighted by Gasteiger charge is -2.15. The van der Waals surface area contributed by atoms with Gasteiger partial charge in [-0.1, -0.05) is 18.2 Å². The Labute approximate surface area is 106 Å². The van der Waals surface area contributed by atoms with Crippen LogP contribution < -0.4 is 11.3 Å². The Morgan fingerprint density at radius 1 is 1.47 bits per heavy atom. The topological polar surface area (TPSA) is 38.0 Å². The summed E-state index contributed by atoms with van der Waals surface area (Å²) in [6.07, 6.45) is 4.92. The van der Waals surface area contributed by atoms with Crippen molar-refractivity contribution in [3.63, 3.8) is 0 Å². The first-order valence-corrected chi connectivity index (χ1v) is 6.71. The molecule has 4 heteroatoms. The lowest BCUT2D eigenvalue weighted by Crippen LogP contribution is -2.36. The molecule has 0 bridgehead atoms. The highest BCUT2D eigenvalue weighted by atomic mass is 32.2. The van der Waals surface area contributed by atoms with Crippen LogP contribution in [0.4, 0.5) is 4.39 Å². The van der Waals surface area contributed by atoms with Crippen LogP contribution in [0.3, 0.4) is 0 Å². The molecular formula is C13H19FN2S. The van der Waals surface area contributed by atoms with Gasteiger partial charge in [0.05, 0.1) is 0 Å². The van der Waals surface area contributed by atoms with Crippen LogP contribution in [-0.2, 0) is 0 Å². The minimum atomic E-state index is -0.167. The van der Waals surface area contributed by atoms with Gasteiger partial charge in [0.1, 0.15) is 5.82 Å². The molecule has 1 aromatic carbocycles. The van der Waals surface area contributed by atoms with Crippen LogP contribution in [0.2, 0.25) is 0 Å². The molecule has 1 aromatic rings. The molecule has 2 nitrogen and oxygen atoms in total. The monoisotopic (exact) mass is 254 g/mol. The molecule has 1 unspecified atom stereocenters. The molecule has 0 aliphatic heterocycles. The molecule has 0 aromatic heterocycles. The first-order chi connectivity index (χ1) is 8.27. The minimum absolute atomic E-state index is 0.167. The smallest absolute Gasteiger partial charge is 0.136 e. The number of nitrogens with two attached hydrogens (primary N) is 1. The number of unbranched alkanes of at least 4 members (excludes halogenated alkanes) is 1. The molecule has 0 fully saturated rings. The number of hydrogen-bond acceptors (Lipinski definition) is 3. The molecular weight excluding hydrogens is 235 g/mol. The van der Waals surface area contributed by atoms with Crippen LogP contribution in [0.5, 0.6) is 0 Å². The third-order valence-electron chi connectivity index (χ3n) is 2.47. The SMILES string of the molecule is C=CCCCC(CSc1ccccc1F)NN. The van der Waals surface area contributed by atoms with E-state index in [0.717, 1.165) is 25.0 Å². The molecule has 0 saturated carbocycles. The minimum Gasteiger partial charge on any atom is -0.271 e. The average Bonchev–Trinajstić information content (AvgIpc) is 2.35. The van der Waals surface area contributed by atoms with E-state index in [1.54, 1.807) is 12.1 Å². The highest BCUT2D eigenvalue weighted by Crippen LogP contribution is 2.22. The molecule has 0 radical (unpaired) electrons. The molecule has 1 rings (SSSR count). The van der Waals surface area contributed by atoms with Gasteiger partial charge in [-0.15, -0.1) is 18.3 Å². The molecule has 0 spiro atoms. The van der Waals surface area contributed by atoms with Crippen molar-refractivity contribution in [2.75, 3.05) is 5.75 Å². The van der Waals surface area contributed by atoms with Gasteiger partial charge in [0.15, 0.2) is 0 Å². The maximum absolute atomic E-state index is 13.4. The van der Waals surface area contributed by atoms with Crippen LogP contribution in [-0.4, -0.2) is 11.8 Å². The number of thioether (sulfide) groups is 1. The predicted octanol–water partition coefficient (Wildman–Crippen LogP) is 3.11. The highest BCUT2D eigenvalue weighted by Gasteiger charge is 2.08. The first-order valence-electron chi connectivity index (χ1n) is 5.72. The van der Waals surface area contributed by atoms with Gasteiger partial charge in [0.25, 0.3) is 0 Å². The summed E-state index contributed by atoms with van der Waals surface area (Å²) < 4.78 is 13.4. The van der Waals surface area contributed by atoms with E-state index in [4.69, 9.17) is 5.84 Å². The van der Waals surface area contributed by atoms with Gasteiger partial charge in [0.2, 0.25) is 0 Å². The number of nitrogens with one attached hydrogen (secondary N) is 1. The van der Waals surface area contributed by atoms with Crippen molar-refractivity contribution >= 4 is 11.8 Å². The Bertz CT molecular complexity index is 344. The number of hydrazine groups is 1. The fourth-order valence-corrected chi connectivity index (χ4v) is 2.50. The summed E-state index contributed by atoms with van der Waals surface area (Å²) in [5.74, 6) is 6.08. The van der Waals surface area contributed by atoms with Crippen LogP contribution in [0.15, 0.2) is 41.8 Å². The fourth-order valence-electron chi connectivity index (χ4n) is 1.48. The summed E-state index contributed by atoms with van der Waals surface area (Å²) in [5, 5.41) is 0. The second kappa shape index (κ2) is 8.28. The van der Waals surface area contributed by atoms with Crippen LogP contribution in [0, 0.1) is 5.82 Å². The number of allylic oxidation sites excluding steroid dienone is 1. The van der Waals surface area contributed by atoms with Crippen molar-refractivity contribution in [2.24, 2.45) is 5.84 Å². The van der Waals surface area contributed by atoms with E-state index < -0.39 is 0 Å². The molecule has 0 saturated heterocycles. The summed E-state index contributed by atoms with van der Waals surface area (Å²) in [6.45, 7) is 3.68. The predicted molar refractivity (Wildman–Crippen MR) is 72.3 cm³/mol. The van der Waals surface area contributed by atoms with Crippen LogP contribution in [0.1, 0.15) is 19.3 Å². The zero-order valence-electron chi connectivity index (χ0n) is 9.86. The fraction of sp³-hybridized carbons (Fsp3) is 0.385. The van der Waals surface area contributed by atoms with Crippen molar-refractivity contribution in [3.05, 3.63) is 42.7 Å². The Morgan fingerprint density at radius 2 is 2.24 bits per heavy atom. The van der Waals surface area contributed by atoms with Gasteiger partial charge < -0.3 is 0 Å². The number of hydrogen-bond donors (Lipinski definition) is 2. The van der Waals surface area contributed by atoms with E-state index in [1.807, 2.05) is 12.1 Å². The van der Waals surface area contributed by atoms with Crippen molar-refractivity contribution in [1.29, 1.82) is 0 Å². The van der Waals surface area contributed by atoms with E-state index >= 15 is 0 Å². The van der Waals surface area contributed by atoms with Gasteiger partial charge in [-0.2, -0.15) is 0 Å². The second-order valence-corrected chi connectivity index (χ2v) is 4.89. The quantitative estimate of drug-likeness (QED) is 0.246. The number of halogens is 1. The van der Waals surface area contributed by atoms with E-state index in [2.05, 4.69) is 12.0 Å². The first kappa shape index (κ1) is 14.2. The molecule has 17 heavy (non-hydrogen) atoms. The normalized spacial score (nSPS) is 12.4. The van der Waals surface area contributed by atoms with E-state index in [9.17, 15) is 4.39 Å². The standard InChI is InChI=1S/C13H19FN2S/c1-2-3-4-7-11(16-15)10-17-13-9-6-5-8-12(13)14/h2,5-6,8-9,11,16H,1,3-4,7,10,15H2. The molecule has 0 aliphatic carbocycles. The van der Waals surface area contributed by atoms with E-state index in [1.165, 1.54) is 17.8 Å². The zero-order valence-corrected chi connectivity index (χ0v) is 10.7. The molecule has 0 heterocycles. The molecule has 1 atom stereocenters. The third kappa shape index (κ3) is 5.35. The summed E-state index contributed by atoms with van der Waals surface area (Å²) in [7, 11) is 0. The highest BCUT2D eigenvalue weighted by molar-refractivity contribution is 7.99. The third-order valence-corrected chi connectivity index (χ3v) is 3.68. The summed E-state index contributed by atoms with van der Waals surface area (Å²) in [5.41, 5.74) is 2.77. The van der Waals surface area contributed by atoms with E-state index in [-0.39, 0.29) is 11.9 Å². The Hall–Kier alpha value is -0.840. The Balaban J connectivity index is 2.37. The lowest BCUT2D eigenvalue weighted by molar-refractivity contribution is 0.522. The van der Waals surface area contributed by atoms with Gasteiger partial charge in [0, 0.05) is 16.7 Å². The van der Waals surface area contributed by atoms with Crippen LogP contribution in [0.25, 0.3) is 0 Å². The van der Waals surface area contributed by atoms with Gasteiger partial charge in [-0.05, 0) is 31.4 Å². The number of benzene rings is 1. The Morgan fingerprint density at radius 3 is 2.88 bits per heavy atom. The lowest BCUT2D eigenvalue weighted by atomic mass is 10.1. The molecule has 0 aliphatic rings. The maximum atomic E-state index is 13.4. The largest absolute Gasteiger partial charge is 0.271 e. The average molecular weight is 254 g/mol. The van der Waals surface area contributed by atoms with Crippen molar-refractivity contribution in [3.8, 4) is 0 Å². The summed E-state index contributed by atoms with van der Waals surface area (Å²) in [6, 6.07) is 7.01. The second-order valence-electron chi connectivity index (χ2n) is 3.82. The molecule has 3 N–H and O–H groups in total. The van der Waals surface area contributed by atoms with Crippen molar-refractivity contribution < 1.29 is 4.39 Å². The van der Waals surface area contributed by atoms with Gasteiger partial charge in [-0.3, -0.25) is 11.3 Å². The Kier molecular flexibility index (Phi) is 6.93. The van der Waals surface area contributed by atoms with Gasteiger partial charge in [-0.25, -0.2) is 4.39 Å². The molecule has 94 valence electrons. The van der Waals surface area contributed by atoms with Crippen molar-refractivity contribution in [1.82, 2.24) is 5.43 Å². The number of rotatable bonds is 8. The maximum Gasteiger partial charge on any atom is 0.136 e. The van der Waals surface area contributed by atoms with Crippen LogP contribution >= 0.6 is 11.8 Å². The zero-order chi connectivity index (χ0) is 12.5. The summed E-state index contributed by atoms with van der Waals surface area (Å²) in [4.78, 5) is 0.677. The summed E-state index contributed by atoms with van der Waals surface area (Å²) >= 11 is 1.49. The van der Waals surface area contributed by atoms with Crippen molar-refractivity contribution in [2.45, 2.75) is 30.2 Å².